The van der Waals surface area contributed by atoms with Gasteiger partial charge in [-0.2, -0.15) is 0 Å². The topological polar surface area (TPSA) is 50.9 Å². The van der Waals surface area contributed by atoms with Crippen molar-refractivity contribution in [1.82, 2.24) is 14.5 Å². The van der Waals surface area contributed by atoms with Gasteiger partial charge in [-0.3, -0.25) is 9.55 Å². The summed E-state index contributed by atoms with van der Waals surface area (Å²) in [5, 5.41) is 12.4. The molecular formula is C62H60N3OPt-. The van der Waals surface area contributed by atoms with Crippen LogP contribution in [0.1, 0.15) is 121 Å². The van der Waals surface area contributed by atoms with E-state index in [0.29, 0.717) is 39.0 Å². The summed E-state index contributed by atoms with van der Waals surface area (Å²) in [6, 6.07) is 51.2. The van der Waals surface area contributed by atoms with Crippen molar-refractivity contribution in [3.63, 3.8) is 0 Å². The Labute approximate surface area is 420 Å². The van der Waals surface area contributed by atoms with Gasteiger partial charge in [0.1, 0.15) is 11.6 Å². The van der Waals surface area contributed by atoms with Crippen LogP contribution in [0.5, 0.6) is 5.75 Å². The molecule has 7 aromatic carbocycles. The maximum Gasteiger partial charge on any atom is 0.148 e. The number of phenolic OH excluding ortho intramolecular Hbond substituents is 1. The van der Waals surface area contributed by atoms with Crippen molar-refractivity contribution in [2.45, 2.75) is 92.8 Å². The first-order valence-corrected chi connectivity index (χ1v) is 22.7. The minimum Gasteiger partial charge on any atom is -0.507 e. The Morgan fingerprint density at radius 2 is 1.28 bits per heavy atom. The van der Waals surface area contributed by atoms with Crippen LogP contribution in [0.4, 0.5) is 0 Å². The number of para-hydroxylation sites is 1. The molecule has 0 saturated heterocycles. The molecule has 9 rings (SSSR count). The molecule has 0 saturated carbocycles. The van der Waals surface area contributed by atoms with Gasteiger partial charge in [0.05, 0.1) is 22.3 Å². The van der Waals surface area contributed by atoms with E-state index in [0.717, 1.165) is 55.8 Å². The normalized spacial score (nSPS) is 13.6. The van der Waals surface area contributed by atoms with Crippen molar-refractivity contribution in [1.29, 1.82) is 0 Å². The summed E-state index contributed by atoms with van der Waals surface area (Å²) in [5.41, 5.74) is 14.0. The molecule has 0 aliphatic rings. The number of aromatic hydroxyl groups is 1. The summed E-state index contributed by atoms with van der Waals surface area (Å²) in [6.45, 7) is 14.2. The number of rotatable bonds is 11. The Morgan fingerprint density at radius 3 is 1.99 bits per heavy atom. The average Bonchev–Trinajstić information content (AvgIpc) is 3.72. The zero-order valence-electron chi connectivity index (χ0n) is 45.6. The van der Waals surface area contributed by atoms with Gasteiger partial charge in [-0.25, -0.2) is 4.98 Å². The van der Waals surface area contributed by atoms with Crippen molar-refractivity contribution in [3.05, 3.63) is 191 Å². The molecule has 67 heavy (non-hydrogen) atoms. The molecule has 0 unspecified atom stereocenters. The number of hydrogen-bond acceptors (Lipinski definition) is 3. The van der Waals surface area contributed by atoms with Crippen LogP contribution in [0.2, 0.25) is 0 Å². The fourth-order valence-corrected chi connectivity index (χ4v) is 9.05. The number of benzene rings is 7. The number of phenols is 1. The van der Waals surface area contributed by atoms with Crippen LogP contribution in [0, 0.1) is 19.8 Å². The zero-order chi connectivity index (χ0) is 51.7. The van der Waals surface area contributed by atoms with Gasteiger partial charge in [-0.1, -0.05) is 181 Å². The summed E-state index contributed by atoms with van der Waals surface area (Å²) >= 11 is 0. The summed E-state index contributed by atoms with van der Waals surface area (Å²) in [4.78, 5) is 10.3. The number of aryl methyl sites for hydroxylation is 2. The van der Waals surface area contributed by atoms with Crippen LogP contribution >= 0.6 is 0 Å². The molecule has 0 fully saturated rings. The number of pyridine rings is 1. The summed E-state index contributed by atoms with van der Waals surface area (Å²) in [7, 11) is 0. The van der Waals surface area contributed by atoms with Gasteiger partial charge in [0, 0.05) is 41.2 Å². The van der Waals surface area contributed by atoms with Crippen LogP contribution in [0.25, 0.3) is 83.9 Å². The van der Waals surface area contributed by atoms with Gasteiger partial charge in [0.25, 0.3) is 0 Å². The molecule has 4 nitrogen and oxygen atoms in total. The van der Waals surface area contributed by atoms with E-state index >= 15 is 0 Å². The molecule has 2 aromatic heterocycles. The Morgan fingerprint density at radius 1 is 0.597 bits per heavy atom. The molecule has 9 aromatic rings. The van der Waals surface area contributed by atoms with Crippen molar-refractivity contribution in [3.8, 4) is 78.6 Å². The van der Waals surface area contributed by atoms with Gasteiger partial charge < -0.3 is 5.11 Å². The molecule has 0 aliphatic heterocycles. The molecule has 0 atom stereocenters. The number of fused-ring (bicyclic) bond motifs is 1. The van der Waals surface area contributed by atoms with E-state index in [1.54, 1.807) is 50.5 Å². The molecule has 0 spiro atoms. The predicted octanol–water partition coefficient (Wildman–Crippen LogP) is 17.0. The Bertz CT molecular complexity index is 3510. The van der Waals surface area contributed by atoms with Crippen LogP contribution in [0.15, 0.2) is 152 Å². The van der Waals surface area contributed by atoms with Crippen molar-refractivity contribution < 1.29 is 34.4 Å². The van der Waals surface area contributed by atoms with Crippen LogP contribution in [0.3, 0.4) is 0 Å². The van der Waals surface area contributed by atoms with Crippen LogP contribution in [-0.2, 0) is 21.1 Å². The van der Waals surface area contributed by atoms with Crippen LogP contribution < -0.4 is 0 Å². The third-order valence-electron chi connectivity index (χ3n) is 12.6. The molecule has 0 bridgehead atoms. The van der Waals surface area contributed by atoms with Gasteiger partial charge in [-0.05, 0) is 123 Å². The van der Waals surface area contributed by atoms with Crippen molar-refractivity contribution >= 4 is 11.0 Å². The largest absolute Gasteiger partial charge is 0.507 e. The van der Waals surface area contributed by atoms with Gasteiger partial charge in [0.2, 0.25) is 0 Å². The van der Waals surface area contributed by atoms with Crippen LogP contribution in [-0.4, -0.2) is 19.6 Å². The molecule has 0 amide bonds. The second-order valence-corrected chi connectivity index (χ2v) is 18.4. The summed E-state index contributed by atoms with van der Waals surface area (Å²) in [6.07, 6.45) is 1.82. The maximum absolute atomic E-state index is 12.4. The molecule has 5 heteroatoms. The zero-order valence-corrected chi connectivity index (χ0v) is 41.9. The Hall–Kier alpha value is -6.35. The Kier molecular flexibility index (Phi) is 11.6. The third kappa shape index (κ3) is 9.22. The van der Waals surface area contributed by atoms with Crippen molar-refractivity contribution in [2.75, 3.05) is 0 Å². The van der Waals surface area contributed by atoms with Gasteiger partial charge in [-0.15, -0.1) is 23.8 Å². The average molecular weight is 1060 g/mol. The first-order chi connectivity index (χ1) is 33.9. The Balaban J connectivity index is 0.00000711. The SMILES string of the molecule is [2H]C([2H])([2H])c1cc(-c2c(C(C)C)cccc2C([2H])(C)C)ccc1-n1c(-c2cc(C([2H])(C)C)cc(C([2H])(C)C)c2O)nc2c(-c3[c-]c(-c4cc(-c5ccc(C)cc5)ccn4)cc(-c4ccccc4)c3)cccc21.[Pt]. The minimum absolute atomic E-state index is 0. The predicted molar refractivity (Wildman–Crippen MR) is 278 cm³/mol. The first-order valence-electron chi connectivity index (χ1n) is 25.7. The van der Waals surface area contributed by atoms with E-state index < -0.39 is 24.5 Å². The standard InChI is InChI=1S/C62H60N3O.Pt/c1-37(2)47-34-54(40(7)8)61(66)55(35-47)62-64-60-53(20-15-21-58(60)65(62)57-27-26-46(30-42(57)10)59-51(38(3)4)18-14-19-52(59)39(5)6)49-31-48(43-16-12-11-13-17-43)32-50(33-49)56-36-45(28-29-63-56)44-24-22-41(9)23-25-44;/h11-32,34-40,66H,1-10H3;/q-1;/i10D3,37D,38D,40D;. The fraction of sp³-hybridized carbons (Fsp3) is 0.226. The smallest absolute Gasteiger partial charge is 0.148 e. The number of nitrogens with zero attached hydrogens (tertiary/aromatic N) is 3. The van der Waals surface area contributed by atoms with Gasteiger partial charge >= 0.3 is 0 Å². The minimum atomic E-state index is -2.64. The van der Waals surface area contributed by atoms with Crippen molar-refractivity contribution in [2.24, 2.45) is 0 Å². The number of aromatic nitrogens is 3. The van der Waals surface area contributed by atoms with E-state index in [-0.39, 0.29) is 49.7 Å². The van der Waals surface area contributed by atoms with E-state index in [1.807, 2.05) is 92.8 Å². The second kappa shape index (κ2) is 19.5. The molecule has 2 heterocycles. The second-order valence-electron chi connectivity index (χ2n) is 18.4. The monoisotopic (exact) mass is 1060 g/mol. The molecule has 340 valence electrons. The fourth-order valence-electron chi connectivity index (χ4n) is 9.05. The molecule has 1 N–H and O–H groups in total. The van der Waals surface area contributed by atoms with E-state index in [9.17, 15) is 9.22 Å². The quantitative estimate of drug-likeness (QED) is 0.131. The summed E-state index contributed by atoms with van der Waals surface area (Å²) < 4.78 is 56.9. The molecule has 0 aliphatic carbocycles. The third-order valence-corrected chi connectivity index (χ3v) is 12.6. The van der Waals surface area contributed by atoms with Gasteiger partial charge in [0.15, 0.2) is 0 Å². The number of hydrogen-bond donors (Lipinski definition) is 1. The van der Waals surface area contributed by atoms with E-state index in [1.165, 1.54) is 5.56 Å². The van der Waals surface area contributed by atoms with E-state index in [4.69, 9.17) is 14.1 Å². The molecular weight excluding hydrogens is 998 g/mol. The number of imidazole rings is 1. The first kappa shape index (κ1) is 39.8. The maximum atomic E-state index is 12.4. The van der Waals surface area contributed by atoms with E-state index in [2.05, 4.69) is 81.4 Å². The summed E-state index contributed by atoms with van der Waals surface area (Å²) in [5.74, 6) is -3.27. The molecule has 0 radical (unpaired) electrons.